The minimum absolute atomic E-state index is 0.00730. The standard InChI is InChI=1S/C15H21N3/c1-17(2)15-8-9-18(12-15)11-14(10-16)13-6-4-3-5-7-13/h3-7,14-15H,8-9,11-12H2,1-2H3. The minimum atomic E-state index is -0.00730. The average molecular weight is 243 g/mol. The Balaban J connectivity index is 1.95. The van der Waals surface area contributed by atoms with Crippen LogP contribution in [0.4, 0.5) is 0 Å². The number of nitrogens with zero attached hydrogens (tertiary/aromatic N) is 3. The van der Waals surface area contributed by atoms with Gasteiger partial charge in [-0.15, -0.1) is 0 Å². The first kappa shape index (κ1) is 13.1. The van der Waals surface area contributed by atoms with Gasteiger partial charge in [0.25, 0.3) is 0 Å². The number of benzene rings is 1. The van der Waals surface area contributed by atoms with E-state index in [1.807, 2.05) is 30.3 Å². The fourth-order valence-corrected chi connectivity index (χ4v) is 2.56. The van der Waals surface area contributed by atoms with Gasteiger partial charge in [0.15, 0.2) is 0 Å². The average Bonchev–Trinajstić information content (AvgIpc) is 2.86. The van der Waals surface area contributed by atoms with E-state index >= 15 is 0 Å². The van der Waals surface area contributed by atoms with Crippen LogP contribution < -0.4 is 0 Å². The SMILES string of the molecule is CN(C)C1CCN(CC(C#N)c2ccccc2)C1. The van der Waals surface area contributed by atoms with Gasteiger partial charge in [0.2, 0.25) is 0 Å². The monoisotopic (exact) mass is 243 g/mol. The maximum Gasteiger partial charge on any atom is 0.0839 e. The predicted octanol–water partition coefficient (Wildman–Crippen LogP) is 1.93. The summed E-state index contributed by atoms with van der Waals surface area (Å²) in [4.78, 5) is 4.69. The van der Waals surface area contributed by atoms with Crippen LogP contribution in [0, 0.1) is 11.3 Å². The summed E-state index contributed by atoms with van der Waals surface area (Å²) >= 11 is 0. The van der Waals surface area contributed by atoms with Gasteiger partial charge in [-0.25, -0.2) is 0 Å². The van der Waals surface area contributed by atoms with Gasteiger partial charge in [0.1, 0.15) is 0 Å². The van der Waals surface area contributed by atoms with E-state index in [-0.39, 0.29) is 5.92 Å². The maximum absolute atomic E-state index is 9.33. The lowest BCUT2D eigenvalue weighted by atomic mass is 10.0. The van der Waals surface area contributed by atoms with Crippen molar-refractivity contribution >= 4 is 0 Å². The van der Waals surface area contributed by atoms with Crippen molar-refractivity contribution in [2.45, 2.75) is 18.4 Å². The first-order chi connectivity index (χ1) is 8.70. The molecule has 0 radical (unpaired) electrons. The Morgan fingerprint density at radius 2 is 2.11 bits per heavy atom. The van der Waals surface area contributed by atoms with Crippen LogP contribution in [-0.2, 0) is 0 Å². The number of likely N-dealkylation sites (tertiary alicyclic amines) is 1. The Labute approximate surface area is 110 Å². The van der Waals surface area contributed by atoms with Crippen molar-refractivity contribution in [2.24, 2.45) is 0 Å². The summed E-state index contributed by atoms with van der Waals surface area (Å²) < 4.78 is 0. The molecule has 1 aromatic carbocycles. The molecule has 1 aliphatic rings. The summed E-state index contributed by atoms with van der Waals surface area (Å²) in [5.74, 6) is -0.00730. The quantitative estimate of drug-likeness (QED) is 0.809. The fraction of sp³-hybridized carbons (Fsp3) is 0.533. The van der Waals surface area contributed by atoms with Crippen molar-refractivity contribution in [1.29, 1.82) is 5.26 Å². The summed E-state index contributed by atoms with van der Waals surface area (Å²) in [5.41, 5.74) is 1.13. The molecule has 3 nitrogen and oxygen atoms in total. The zero-order valence-electron chi connectivity index (χ0n) is 11.2. The second kappa shape index (κ2) is 5.99. The molecule has 0 aromatic heterocycles. The van der Waals surface area contributed by atoms with E-state index in [2.05, 4.69) is 30.0 Å². The highest BCUT2D eigenvalue weighted by Gasteiger charge is 2.26. The van der Waals surface area contributed by atoms with Gasteiger partial charge in [-0.3, -0.25) is 0 Å². The lowest BCUT2D eigenvalue weighted by molar-refractivity contribution is 0.266. The predicted molar refractivity (Wildman–Crippen MR) is 73.3 cm³/mol. The Bertz CT molecular complexity index is 407. The molecule has 0 saturated carbocycles. The van der Waals surface area contributed by atoms with Crippen LogP contribution in [0.25, 0.3) is 0 Å². The van der Waals surface area contributed by atoms with Gasteiger partial charge in [-0.1, -0.05) is 30.3 Å². The summed E-state index contributed by atoms with van der Waals surface area (Å²) in [6.07, 6.45) is 1.21. The third-order valence-electron chi connectivity index (χ3n) is 3.78. The highest BCUT2D eigenvalue weighted by atomic mass is 15.2. The van der Waals surface area contributed by atoms with E-state index in [1.54, 1.807) is 0 Å². The molecule has 1 aliphatic heterocycles. The summed E-state index contributed by atoms with van der Waals surface area (Å²) in [7, 11) is 4.26. The third kappa shape index (κ3) is 3.10. The van der Waals surface area contributed by atoms with Gasteiger partial charge < -0.3 is 9.80 Å². The van der Waals surface area contributed by atoms with Crippen LogP contribution >= 0.6 is 0 Å². The largest absolute Gasteiger partial charge is 0.305 e. The van der Waals surface area contributed by atoms with Gasteiger partial charge in [-0.2, -0.15) is 5.26 Å². The molecule has 0 spiro atoms. The molecule has 1 fully saturated rings. The summed E-state index contributed by atoms with van der Waals surface area (Å²) in [6.45, 7) is 3.04. The highest BCUT2D eigenvalue weighted by molar-refractivity contribution is 5.25. The summed E-state index contributed by atoms with van der Waals surface area (Å²) in [6, 6.07) is 13.2. The van der Waals surface area contributed by atoms with Crippen molar-refractivity contribution < 1.29 is 0 Å². The molecule has 0 bridgehead atoms. The summed E-state index contributed by atoms with van der Waals surface area (Å²) in [5, 5.41) is 9.33. The van der Waals surface area contributed by atoms with Gasteiger partial charge in [0.05, 0.1) is 12.0 Å². The number of nitriles is 1. The fourth-order valence-electron chi connectivity index (χ4n) is 2.56. The molecule has 1 aromatic rings. The molecule has 0 amide bonds. The van der Waals surface area contributed by atoms with E-state index in [4.69, 9.17) is 0 Å². The molecule has 1 heterocycles. The van der Waals surface area contributed by atoms with Gasteiger partial charge >= 0.3 is 0 Å². The molecular formula is C15H21N3. The number of hydrogen-bond donors (Lipinski definition) is 0. The second-order valence-electron chi connectivity index (χ2n) is 5.26. The van der Waals surface area contributed by atoms with Crippen LogP contribution in [0.3, 0.4) is 0 Å². The van der Waals surface area contributed by atoms with Crippen molar-refractivity contribution in [3.8, 4) is 6.07 Å². The second-order valence-corrected chi connectivity index (χ2v) is 5.26. The smallest absolute Gasteiger partial charge is 0.0839 e. The van der Waals surface area contributed by atoms with E-state index in [9.17, 15) is 5.26 Å². The van der Waals surface area contributed by atoms with Gasteiger partial charge in [0, 0.05) is 19.1 Å². The van der Waals surface area contributed by atoms with E-state index < -0.39 is 0 Å². The first-order valence-electron chi connectivity index (χ1n) is 6.54. The Morgan fingerprint density at radius 3 is 2.67 bits per heavy atom. The van der Waals surface area contributed by atoms with Crippen molar-refractivity contribution in [3.05, 3.63) is 35.9 Å². The van der Waals surface area contributed by atoms with Crippen molar-refractivity contribution in [3.63, 3.8) is 0 Å². The molecule has 3 heteroatoms. The van der Waals surface area contributed by atoms with Crippen LogP contribution in [0.15, 0.2) is 30.3 Å². The molecule has 2 atom stereocenters. The van der Waals surface area contributed by atoms with Gasteiger partial charge in [-0.05, 0) is 32.6 Å². The van der Waals surface area contributed by atoms with Crippen molar-refractivity contribution in [2.75, 3.05) is 33.7 Å². The molecule has 0 N–H and O–H groups in total. The van der Waals surface area contributed by atoms with Crippen LogP contribution in [-0.4, -0.2) is 49.6 Å². The molecule has 1 saturated heterocycles. The van der Waals surface area contributed by atoms with Crippen molar-refractivity contribution in [1.82, 2.24) is 9.80 Å². The van der Waals surface area contributed by atoms with E-state index in [0.717, 1.165) is 25.2 Å². The zero-order chi connectivity index (χ0) is 13.0. The van der Waals surface area contributed by atoms with Crippen LogP contribution in [0.1, 0.15) is 17.9 Å². The molecule has 96 valence electrons. The van der Waals surface area contributed by atoms with E-state index in [0.29, 0.717) is 6.04 Å². The van der Waals surface area contributed by atoms with Crippen LogP contribution in [0.5, 0.6) is 0 Å². The normalized spacial score (nSPS) is 22.0. The topological polar surface area (TPSA) is 30.3 Å². The lowest BCUT2D eigenvalue weighted by Gasteiger charge is -2.22. The third-order valence-corrected chi connectivity index (χ3v) is 3.78. The molecule has 0 aliphatic carbocycles. The number of likely N-dealkylation sites (N-methyl/N-ethyl adjacent to an activating group) is 1. The lowest BCUT2D eigenvalue weighted by Crippen LogP contribution is -2.33. The highest BCUT2D eigenvalue weighted by Crippen LogP contribution is 2.20. The Hall–Kier alpha value is -1.37. The number of hydrogen-bond acceptors (Lipinski definition) is 3. The molecular weight excluding hydrogens is 222 g/mol. The number of rotatable bonds is 4. The Kier molecular flexibility index (Phi) is 4.35. The molecule has 2 rings (SSSR count). The zero-order valence-corrected chi connectivity index (χ0v) is 11.2. The molecule has 18 heavy (non-hydrogen) atoms. The minimum Gasteiger partial charge on any atom is -0.305 e. The van der Waals surface area contributed by atoms with Crippen LogP contribution in [0.2, 0.25) is 0 Å². The molecule has 2 unspecified atom stereocenters. The van der Waals surface area contributed by atoms with E-state index in [1.165, 1.54) is 6.42 Å². The Morgan fingerprint density at radius 1 is 1.39 bits per heavy atom. The maximum atomic E-state index is 9.33. The first-order valence-corrected chi connectivity index (χ1v) is 6.54.